The standard InChI is InChI=1S/C20H29NO6/c1-12-7-6-8-15(13(12)2)21-19(22)11-27-20(23)14-9-17(25-4)18(26-5)10-16(14)24-3/h9-10,12-13,15H,6-8,11H2,1-5H3,(H,21,22)/t12-,13+,15+/m0/s1. The Morgan fingerprint density at radius 2 is 1.63 bits per heavy atom. The molecule has 3 atom stereocenters. The summed E-state index contributed by atoms with van der Waals surface area (Å²) < 4.78 is 20.8. The molecule has 0 bridgehead atoms. The zero-order valence-corrected chi connectivity index (χ0v) is 16.7. The Hall–Kier alpha value is -2.44. The second-order valence-electron chi connectivity index (χ2n) is 6.92. The Balaban J connectivity index is 1.99. The minimum atomic E-state index is -0.659. The van der Waals surface area contributed by atoms with Crippen LogP contribution in [0.5, 0.6) is 17.2 Å². The first-order valence-corrected chi connectivity index (χ1v) is 9.17. The zero-order valence-electron chi connectivity index (χ0n) is 16.7. The largest absolute Gasteiger partial charge is 0.496 e. The quantitative estimate of drug-likeness (QED) is 0.734. The summed E-state index contributed by atoms with van der Waals surface area (Å²) in [6, 6.07) is 3.14. The van der Waals surface area contributed by atoms with E-state index in [-0.39, 0.29) is 29.9 Å². The van der Waals surface area contributed by atoms with Crippen molar-refractivity contribution in [3.05, 3.63) is 17.7 Å². The van der Waals surface area contributed by atoms with E-state index in [1.807, 2.05) is 0 Å². The summed E-state index contributed by atoms with van der Waals surface area (Å²) in [4.78, 5) is 24.6. The van der Waals surface area contributed by atoms with Gasteiger partial charge in [0.2, 0.25) is 0 Å². The molecule has 2 rings (SSSR count). The number of esters is 1. The van der Waals surface area contributed by atoms with Gasteiger partial charge in [-0.2, -0.15) is 0 Å². The van der Waals surface area contributed by atoms with Crippen LogP contribution in [0, 0.1) is 11.8 Å². The molecule has 1 fully saturated rings. The van der Waals surface area contributed by atoms with Crippen LogP contribution in [0.25, 0.3) is 0 Å². The van der Waals surface area contributed by atoms with Gasteiger partial charge in [0.25, 0.3) is 5.91 Å². The van der Waals surface area contributed by atoms with Gasteiger partial charge in [0.05, 0.1) is 21.3 Å². The van der Waals surface area contributed by atoms with Crippen molar-refractivity contribution < 1.29 is 28.5 Å². The van der Waals surface area contributed by atoms with Gasteiger partial charge in [-0.3, -0.25) is 4.79 Å². The molecule has 1 aliphatic carbocycles. The van der Waals surface area contributed by atoms with Crippen molar-refractivity contribution >= 4 is 11.9 Å². The molecule has 27 heavy (non-hydrogen) atoms. The molecule has 0 heterocycles. The third-order valence-electron chi connectivity index (χ3n) is 5.31. The van der Waals surface area contributed by atoms with Crippen LogP contribution in [-0.2, 0) is 9.53 Å². The van der Waals surface area contributed by atoms with E-state index in [4.69, 9.17) is 18.9 Å². The van der Waals surface area contributed by atoms with E-state index in [0.29, 0.717) is 23.3 Å². The fraction of sp³-hybridized carbons (Fsp3) is 0.600. The van der Waals surface area contributed by atoms with E-state index >= 15 is 0 Å². The van der Waals surface area contributed by atoms with Gasteiger partial charge >= 0.3 is 5.97 Å². The lowest BCUT2D eigenvalue weighted by molar-refractivity contribution is -0.125. The fourth-order valence-electron chi connectivity index (χ4n) is 3.43. The predicted octanol–water partition coefficient (Wildman–Crippen LogP) is 2.81. The summed E-state index contributed by atoms with van der Waals surface area (Å²) in [6.45, 7) is 4.01. The molecule has 1 saturated carbocycles. The van der Waals surface area contributed by atoms with Crippen LogP contribution in [-0.4, -0.2) is 45.9 Å². The summed E-state index contributed by atoms with van der Waals surface area (Å²) in [5, 5.41) is 2.98. The molecule has 0 unspecified atom stereocenters. The van der Waals surface area contributed by atoms with Crippen LogP contribution >= 0.6 is 0 Å². The van der Waals surface area contributed by atoms with E-state index < -0.39 is 5.97 Å². The molecule has 1 aromatic carbocycles. The van der Waals surface area contributed by atoms with Crippen molar-refractivity contribution in [2.75, 3.05) is 27.9 Å². The number of nitrogens with one attached hydrogen (secondary N) is 1. The van der Waals surface area contributed by atoms with Crippen LogP contribution in [0.2, 0.25) is 0 Å². The van der Waals surface area contributed by atoms with Crippen molar-refractivity contribution in [3.8, 4) is 17.2 Å². The first kappa shape index (κ1) is 20.9. The van der Waals surface area contributed by atoms with Crippen LogP contribution < -0.4 is 19.5 Å². The Kier molecular flexibility index (Phi) is 7.33. The number of methoxy groups -OCH3 is 3. The van der Waals surface area contributed by atoms with Gasteiger partial charge in [-0.05, 0) is 18.3 Å². The third kappa shape index (κ3) is 5.05. The van der Waals surface area contributed by atoms with Crippen LogP contribution in [0.15, 0.2) is 12.1 Å². The maximum Gasteiger partial charge on any atom is 0.342 e. The van der Waals surface area contributed by atoms with E-state index in [1.165, 1.54) is 33.8 Å². The normalized spacial score (nSPS) is 21.9. The Labute approximate surface area is 160 Å². The van der Waals surface area contributed by atoms with Gasteiger partial charge in [-0.25, -0.2) is 4.79 Å². The molecular weight excluding hydrogens is 350 g/mol. The predicted molar refractivity (Wildman–Crippen MR) is 100 cm³/mol. The van der Waals surface area contributed by atoms with E-state index in [2.05, 4.69) is 19.2 Å². The average molecular weight is 379 g/mol. The van der Waals surface area contributed by atoms with E-state index in [1.54, 1.807) is 6.07 Å². The molecule has 0 radical (unpaired) electrons. The van der Waals surface area contributed by atoms with Crippen molar-refractivity contribution in [2.45, 2.75) is 39.2 Å². The number of amides is 1. The lowest BCUT2D eigenvalue weighted by Gasteiger charge is -2.34. The van der Waals surface area contributed by atoms with Gasteiger partial charge in [0, 0.05) is 18.2 Å². The highest BCUT2D eigenvalue weighted by molar-refractivity contribution is 5.95. The lowest BCUT2D eigenvalue weighted by atomic mass is 9.78. The topological polar surface area (TPSA) is 83.1 Å². The molecule has 1 aromatic rings. The molecule has 0 aliphatic heterocycles. The van der Waals surface area contributed by atoms with Crippen LogP contribution in [0.3, 0.4) is 0 Å². The first-order valence-electron chi connectivity index (χ1n) is 9.17. The van der Waals surface area contributed by atoms with Crippen LogP contribution in [0.4, 0.5) is 0 Å². The minimum absolute atomic E-state index is 0.121. The maximum absolute atomic E-state index is 12.4. The summed E-state index contributed by atoms with van der Waals surface area (Å²) in [5.74, 6) is 1.12. The molecule has 1 amide bonds. The van der Waals surface area contributed by atoms with Crippen LogP contribution in [0.1, 0.15) is 43.5 Å². The van der Waals surface area contributed by atoms with Gasteiger partial charge in [-0.15, -0.1) is 0 Å². The van der Waals surface area contributed by atoms with Gasteiger partial charge in [0.15, 0.2) is 18.1 Å². The Morgan fingerprint density at radius 1 is 1.00 bits per heavy atom. The first-order chi connectivity index (χ1) is 12.9. The van der Waals surface area contributed by atoms with E-state index in [0.717, 1.165) is 12.8 Å². The molecule has 1 aliphatic rings. The molecule has 0 saturated heterocycles. The highest BCUT2D eigenvalue weighted by atomic mass is 16.5. The van der Waals surface area contributed by atoms with E-state index in [9.17, 15) is 9.59 Å². The molecule has 7 nitrogen and oxygen atoms in total. The summed E-state index contributed by atoms with van der Waals surface area (Å²) in [5.41, 5.74) is 0.169. The minimum Gasteiger partial charge on any atom is -0.496 e. The molecule has 1 N–H and O–H groups in total. The second-order valence-corrected chi connectivity index (χ2v) is 6.92. The maximum atomic E-state index is 12.4. The van der Waals surface area contributed by atoms with Gasteiger partial charge in [-0.1, -0.05) is 26.7 Å². The smallest absolute Gasteiger partial charge is 0.342 e. The van der Waals surface area contributed by atoms with Crippen molar-refractivity contribution in [1.82, 2.24) is 5.32 Å². The number of rotatable bonds is 7. The van der Waals surface area contributed by atoms with Crippen molar-refractivity contribution in [1.29, 1.82) is 0 Å². The fourth-order valence-corrected chi connectivity index (χ4v) is 3.43. The second kappa shape index (κ2) is 9.48. The summed E-state index contributed by atoms with van der Waals surface area (Å²) in [6.07, 6.45) is 3.23. The average Bonchev–Trinajstić information content (AvgIpc) is 2.68. The molecule has 0 aromatic heterocycles. The SMILES string of the molecule is COc1cc(OC)c(C(=O)OCC(=O)N[C@@H]2CCC[C@H](C)[C@H]2C)cc1OC. The summed E-state index contributed by atoms with van der Waals surface area (Å²) in [7, 11) is 4.41. The van der Waals surface area contributed by atoms with Crippen molar-refractivity contribution in [2.24, 2.45) is 11.8 Å². The van der Waals surface area contributed by atoms with Gasteiger partial charge in [0.1, 0.15) is 11.3 Å². The monoisotopic (exact) mass is 379 g/mol. The lowest BCUT2D eigenvalue weighted by Crippen LogP contribution is -2.45. The third-order valence-corrected chi connectivity index (χ3v) is 5.31. The highest BCUT2D eigenvalue weighted by Crippen LogP contribution is 2.35. The molecular formula is C20H29NO6. The highest BCUT2D eigenvalue weighted by Gasteiger charge is 2.28. The molecule has 7 heteroatoms. The van der Waals surface area contributed by atoms with Gasteiger partial charge < -0.3 is 24.3 Å². The number of hydrogen-bond acceptors (Lipinski definition) is 6. The number of ether oxygens (including phenoxy) is 4. The molecule has 150 valence electrons. The summed E-state index contributed by atoms with van der Waals surface area (Å²) >= 11 is 0. The van der Waals surface area contributed by atoms with Crippen molar-refractivity contribution in [3.63, 3.8) is 0 Å². The molecule has 0 spiro atoms. The number of benzene rings is 1. The number of carbonyl (C=O) groups is 2. The Bertz CT molecular complexity index is 675. The number of hydrogen-bond donors (Lipinski definition) is 1. The Morgan fingerprint density at radius 3 is 2.26 bits per heavy atom. The number of carbonyl (C=O) groups excluding carboxylic acids is 2. The zero-order chi connectivity index (χ0) is 20.0.